The lowest BCUT2D eigenvalue weighted by atomic mass is 10.1. The van der Waals surface area contributed by atoms with E-state index < -0.39 is 5.97 Å². The molecule has 1 N–H and O–H groups in total. The molecule has 0 fully saturated rings. The zero-order chi connectivity index (χ0) is 11.3. The van der Waals surface area contributed by atoms with E-state index in [1.165, 1.54) is 0 Å². The maximum atomic E-state index is 10.5. The molecule has 0 saturated carbocycles. The Bertz CT molecular complexity index is 221. The molecule has 0 rings (SSSR count). The molecule has 3 heteroatoms. The van der Waals surface area contributed by atoms with E-state index in [4.69, 9.17) is 5.11 Å². The molecule has 0 aromatic carbocycles. The Morgan fingerprint density at radius 1 is 1.43 bits per heavy atom. The van der Waals surface area contributed by atoms with E-state index in [9.17, 15) is 4.79 Å². The van der Waals surface area contributed by atoms with E-state index in [2.05, 4.69) is 25.7 Å². The summed E-state index contributed by atoms with van der Waals surface area (Å²) in [4.78, 5) is 12.7. The Morgan fingerprint density at radius 3 is 2.29 bits per heavy atom. The second-order valence-electron chi connectivity index (χ2n) is 4.12. The lowest BCUT2D eigenvalue weighted by molar-refractivity contribution is -0.132. The molecule has 3 nitrogen and oxygen atoms in total. The van der Waals surface area contributed by atoms with Gasteiger partial charge < -0.3 is 5.11 Å². The van der Waals surface area contributed by atoms with Gasteiger partial charge in [-0.1, -0.05) is 19.9 Å². The minimum absolute atomic E-state index is 0.410. The predicted octanol–water partition coefficient (Wildman–Crippen LogP) is 1.99. The topological polar surface area (TPSA) is 40.5 Å². The molecular weight excluding hydrogens is 178 g/mol. The fraction of sp³-hybridized carbons (Fsp3) is 0.727. The molecule has 1 atom stereocenters. The van der Waals surface area contributed by atoms with Gasteiger partial charge in [-0.3, -0.25) is 4.90 Å². The van der Waals surface area contributed by atoms with E-state index >= 15 is 0 Å². The third-order valence-corrected chi connectivity index (χ3v) is 2.68. The highest BCUT2D eigenvalue weighted by molar-refractivity contribution is 5.85. The fourth-order valence-corrected chi connectivity index (χ4v) is 1.04. The van der Waals surface area contributed by atoms with Crippen molar-refractivity contribution < 1.29 is 9.90 Å². The van der Waals surface area contributed by atoms with Gasteiger partial charge in [0.25, 0.3) is 0 Å². The van der Waals surface area contributed by atoms with Crippen LogP contribution in [0.25, 0.3) is 0 Å². The van der Waals surface area contributed by atoms with Crippen LogP contribution < -0.4 is 0 Å². The number of nitrogens with zero attached hydrogens (tertiary/aromatic N) is 1. The quantitative estimate of drug-likeness (QED) is 0.688. The van der Waals surface area contributed by atoms with Crippen molar-refractivity contribution in [1.82, 2.24) is 4.90 Å². The van der Waals surface area contributed by atoms with Crippen LogP contribution in [0.1, 0.15) is 27.7 Å². The van der Waals surface area contributed by atoms with Gasteiger partial charge in [0.2, 0.25) is 0 Å². The molecular formula is C11H21NO2. The maximum Gasteiger partial charge on any atom is 0.330 e. The summed E-state index contributed by atoms with van der Waals surface area (Å²) in [6.45, 7) is 8.78. The summed E-state index contributed by atoms with van der Waals surface area (Å²) >= 11 is 0. The van der Waals surface area contributed by atoms with Crippen molar-refractivity contribution in [2.45, 2.75) is 33.7 Å². The lowest BCUT2D eigenvalue weighted by Crippen LogP contribution is -2.33. The van der Waals surface area contributed by atoms with Crippen LogP contribution in [0.4, 0.5) is 0 Å². The number of carboxylic acids is 1. The van der Waals surface area contributed by atoms with Gasteiger partial charge in [-0.25, -0.2) is 4.79 Å². The first-order chi connectivity index (χ1) is 6.36. The van der Waals surface area contributed by atoms with E-state index in [1.54, 1.807) is 13.0 Å². The van der Waals surface area contributed by atoms with Crippen LogP contribution in [0, 0.1) is 5.92 Å². The molecule has 0 aliphatic rings. The molecule has 0 amide bonds. The van der Waals surface area contributed by atoms with Gasteiger partial charge in [0.05, 0.1) is 0 Å². The van der Waals surface area contributed by atoms with Gasteiger partial charge >= 0.3 is 5.97 Å². The largest absolute Gasteiger partial charge is 0.478 e. The van der Waals surface area contributed by atoms with Crippen LogP contribution in [0.3, 0.4) is 0 Å². The van der Waals surface area contributed by atoms with Crippen LogP contribution in [0.15, 0.2) is 11.6 Å². The van der Waals surface area contributed by atoms with Crippen molar-refractivity contribution in [3.05, 3.63) is 11.6 Å². The molecule has 0 aromatic rings. The molecule has 0 saturated heterocycles. The van der Waals surface area contributed by atoms with Crippen molar-refractivity contribution in [1.29, 1.82) is 0 Å². The third-order valence-electron chi connectivity index (χ3n) is 2.68. The standard InChI is InChI=1S/C11H21NO2/c1-8(2)10(4)12(5)7-6-9(3)11(13)14/h6,8,10H,7H2,1-5H3,(H,13,14). The molecule has 0 spiro atoms. The van der Waals surface area contributed by atoms with Crippen molar-refractivity contribution in [2.75, 3.05) is 13.6 Å². The number of carboxylic acid groups (broad SMARTS) is 1. The summed E-state index contributed by atoms with van der Waals surface area (Å²) < 4.78 is 0. The number of carbonyl (C=O) groups is 1. The summed E-state index contributed by atoms with van der Waals surface area (Å²) in [5.41, 5.74) is 0.410. The Morgan fingerprint density at radius 2 is 1.93 bits per heavy atom. The Hall–Kier alpha value is -0.830. The first kappa shape index (κ1) is 13.2. The number of rotatable bonds is 5. The average molecular weight is 199 g/mol. The molecule has 0 aliphatic heterocycles. The molecule has 0 radical (unpaired) electrons. The second-order valence-corrected chi connectivity index (χ2v) is 4.12. The normalized spacial score (nSPS) is 14.9. The highest BCUT2D eigenvalue weighted by Gasteiger charge is 2.11. The average Bonchev–Trinajstić information content (AvgIpc) is 2.11. The van der Waals surface area contributed by atoms with E-state index in [0.29, 0.717) is 24.1 Å². The second kappa shape index (κ2) is 5.81. The van der Waals surface area contributed by atoms with E-state index in [0.717, 1.165) is 0 Å². The molecule has 0 heterocycles. The lowest BCUT2D eigenvalue weighted by Gasteiger charge is -2.26. The molecule has 1 unspecified atom stereocenters. The summed E-state index contributed by atoms with van der Waals surface area (Å²) in [5.74, 6) is -0.255. The molecule has 0 aliphatic carbocycles. The van der Waals surface area contributed by atoms with Crippen LogP contribution in [-0.4, -0.2) is 35.6 Å². The van der Waals surface area contributed by atoms with E-state index in [-0.39, 0.29) is 0 Å². The molecule has 82 valence electrons. The summed E-state index contributed by atoms with van der Waals surface area (Å²) in [6.07, 6.45) is 1.75. The fourth-order valence-electron chi connectivity index (χ4n) is 1.04. The van der Waals surface area contributed by atoms with Gasteiger partial charge in [0, 0.05) is 18.2 Å². The Labute approximate surface area is 86.4 Å². The van der Waals surface area contributed by atoms with Crippen LogP contribution in [-0.2, 0) is 4.79 Å². The predicted molar refractivity (Wildman–Crippen MR) is 58.3 cm³/mol. The number of likely N-dealkylation sites (N-methyl/N-ethyl adjacent to an activating group) is 1. The summed E-state index contributed by atoms with van der Waals surface area (Å²) in [6, 6.07) is 0.466. The monoisotopic (exact) mass is 199 g/mol. The van der Waals surface area contributed by atoms with Gasteiger partial charge in [-0.05, 0) is 26.8 Å². The van der Waals surface area contributed by atoms with Crippen molar-refractivity contribution in [2.24, 2.45) is 5.92 Å². The number of hydrogen-bond acceptors (Lipinski definition) is 2. The first-order valence-corrected chi connectivity index (χ1v) is 4.96. The number of aliphatic carboxylic acids is 1. The summed E-state index contributed by atoms with van der Waals surface area (Å²) in [7, 11) is 2.01. The van der Waals surface area contributed by atoms with Crippen molar-refractivity contribution in [3.8, 4) is 0 Å². The van der Waals surface area contributed by atoms with Crippen molar-refractivity contribution >= 4 is 5.97 Å². The maximum absolute atomic E-state index is 10.5. The van der Waals surface area contributed by atoms with Crippen LogP contribution in [0.5, 0.6) is 0 Å². The van der Waals surface area contributed by atoms with E-state index in [1.807, 2.05) is 7.05 Å². The van der Waals surface area contributed by atoms with Gasteiger partial charge in [-0.2, -0.15) is 0 Å². The SMILES string of the molecule is CC(=CCN(C)C(C)C(C)C)C(=O)O. The Balaban J connectivity index is 4.14. The molecule has 0 bridgehead atoms. The van der Waals surface area contributed by atoms with Crippen LogP contribution in [0.2, 0.25) is 0 Å². The van der Waals surface area contributed by atoms with Gasteiger partial charge in [-0.15, -0.1) is 0 Å². The first-order valence-electron chi connectivity index (χ1n) is 4.96. The highest BCUT2D eigenvalue weighted by Crippen LogP contribution is 2.08. The minimum Gasteiger partial charge on any atom is -0.478 e. The van der Waals surface area contributed by atoms with Gasteiger partial charge in [0.15, 0.2) is 0 Å². The number of hydrogen-bond donors (Lipinski definition) is 1. The third kappa shape index (κ3) is 4.42. The molecule has 0 aromatic heterocycles. The van der Waals surface area contributed by atoms with Crippen molar-refractivity contribution in [3.63, 3.8) is 0 Å². The molecule has 14 heavy (non-hydrogen) atoms. The van der Waals surface area contributed by atoms with Crippen LogP contribution >= 0.6 is 0 Å². The smallest absolute Gasteiger partial charge is 0.330 e. The van der Waals surface area contributed by atoms with Gasteiger partial charge in [0.1, 0.15) is 0 Å². The highest BCUT2D eigenvalue weighted by atomic mass is 16.4. The Kier molecular flexibility index (Phi) is 5.46. The zero-order valence-corrected chi connectivity index (χ0v) is 9.74. The zero-order valence-electron chi connectivity index (χ0n) is 9.74. The minimum atomic E-state index is -0.837. The summed E-state index contributed by atoms with van der Waals surface area (Å²) in [5, 5.41) is 8.66.